The lowest BCUT2D eigenvalue weighted by molar-refractivity contribution is 0.174. The lowest BCUT2D eigenvalue weighted by atomic mass is 9.87. The molecule has 1 fully saturated rings. The number of amides is 2. The first-order chi connectivity index (χ1) is 10.8. The Labute approximate surface area is 132 Å². The number of carbonyl (C=O) groups is 1. The van der Waals surface area contributed by atoms with Crippen LogP contribution in [0, 0.1) is 5.92 Å². The lowest BCUT2D eigenvalue weighted by Gasteiger charge is -2.27. The van der Waals surface area contributed by atoms with E-state index < -0.39 is 0 Å². The van der Waals surface area contributed by atoms with Crippen LogP contribution in [0.15, 0.2) is 30.3 Å². The highest BCUT2D eigenvalue weighted by Crippen LogP contribution is 2.23. The van der Waals surface area contributed by atoms with E-state index in [0.717, 1.165) is 37.9 Å². The molecule has 0 radical (unpaired) electrons. The predicted molar refractivity (Wildman–Crippen MR) is 85.9 cm³/mol. The largest absolute Gasteiger partial charge is 0.494 e. The second-order valence-electron chi connectivity index (χ2n) is 5.82. The Morgan fingerprint density at radius 2 is 1.91 bits per heavy atom. The maximum Gasteiger partial charge on any atom is 0.315 e. The number of aliphatic hydroxyl groups is 1. The number of carbonyl (C=O) groups excluding carboxylic acids is 1. The van der Waals surface area contributed by atoms with E-state index in [9.17, 15) is 4.79 Å². The minimum atomic E-state index is -0.104. The van der Waals surface area contributed by atoms with Crippen LogP contribution in [0.2, 0.25) is 0 Å². The molecular formula is C17H26N2O3. The van der Waals surface area contributed by atoms with E-state index in [1.54, 1.807) is 0 Å². The van der Waals surface area contributed by atoms with Gasteiger partial charge in [-0.3, -0.25) is 0 Å². The van der Waals surface area contributed by atoms with E-state index in [0.29, 0.717) is 19.1 Å². The van der Waals surface area contributed by atoms with Crippen molar-refractivity contribution >= 4 is 6.03 Å². The van der Waals surface area contributed by atoms with E-state index in [-0.39, 0.29) is 18.7 Å². The maximum atomic E-state index is 11.8. The van der Waals surface area contributed by atoms with Gasteiger partial charge in [0.05, 0.1) is 6.61 Å². The van der Waals surface area contributed by atoms with Gasteiger partial charge in [0.25, 0.3) is 0 Å². The van der Waals surface area contributed by atoms with Crippen LogP contribution >= 0.6 is 0 Å². The standard InChI is InChI=1S/C17H26N2O3/c20-13-14-7-9-15(10-8-14)19-17(21)18-11-4-12-22-16-5-2-1-3-6-16/h1-3,5-6,14-15,20H,4,7-13H2,(H2,18,19,21). The number of hydrogen-bond acceptors (Lipinski definition) is 3. The summed E-state index contributed by atoms with van der Waals surface area (Å²) in [5.74, 6) is 1.27. The molecule has 0 aromatic heterocycles. The number of urea groups is 1. The van der Waals surface area contributed by atoms with Crippen LogP contribution in [0.3, 0.4) is 0 Å². The van der Waals surface area contributed by atoms with Gasteiger partial charge in [-0.1, -0.05) is 18.2 Å². The molecular weight excluding hydrogens is 280 g/mol. The van der Waals surface area contributed by atoms with Crippen molar-refractivity contribution in [2.75, 3.05) is 19.8 Å². The fraction of sp³-hybridized carbons (Fsp3) is 0.588. The molecule has 1 saturated carbocycles. The quantitative estimate of drug-likeness (QED) is 0.677. The highest BCUT2D eigenvalue weighted by atomic mass is 16.5. The molecule has 2 rings (SSSR count). The molecule has 3 N–H and O–H groups in total. The third kappa shape index (κ3) is 5.93. The summed E-state index contributed by atoms with van der Waals surface area (Å²) in [7, 11) is 0. The normalized spacial score (nSPS) is 21.1. The molecule has 0 saturated heterocycles. The molecule has 0 unspecified atom stereocenters. The van der Waals surface area contributed by atoms with Gasteiger partial charge in [-0.15, -0.1) is 0 Å². The molecule has 1 aliphatic carbocycles. The molecule has 5 nitrogen and oxygen atoms in total. The zero-order chi connectivity index (χ0) is 15.6. The lowest BCUT2D eigenvalue weighted by Crippen LogP contribution is -2.44. The molecule has 0 heterocycles. The zero-order valence-corrected chi connectivity index (χ0v) is 13.0. The number of nitrogens with one attached hydrogen (secondary N) is 2. The third-order valence-electron chi connectivity index (χ3n) is 4.06. The van der Waals surface area contributed by atoms with E-state index in [1.807, 2.05) is 30.3 Å². The van der Waals surface area contributed by atoms with Gasteiger partial charge in [-0.2, -0.15) is 0 Å². The molecule has 122 valence electrons. The molecule has 22 heavy (non-hydrogen) atoms. The van der Waals surface area contributed by atoms with Crippen LogP contribution in [-0.2, 0) is 0 Å². The van der Waals surface area contributed by atoms with Gasteiger partial charge in [0.1, 0.15) is 5.75 Å². The molecule has 0 bridgehead atoms. The average Bonchev–Trinajstić information content (AvgIpc) is 2.56. The Hall–Kier alpha value is -1.75. The van der Waals surface area contributed by atoms with Crippen LogP contribution in [-0.4, -0.2) is 36.9 Å². The smallest absolute Gasteiger partial charge is 0.315 e. The first kappa shape index (κ1) is 16.6. The van der Waals surface area contributed by atoms with Crippen LogP contribution in [0.4, 0.5) is 4.79 Å². The van der Waals surface area contributed by atoms with Crippen molar-refractivity contribution < 1.29 is 14.6 Å². The molecule has 1 aromatic rings. The Kier molecular flexibility index (Phi) is 7.03. The van der Waals surface area contributed by atoms with E-state index in [1.165, 1.54) is 0 Å². The zero-order valence-electron chi connectivity index (χ0n) is 13.0. The Balaban J connectivity index is 1.51. The van der Waals surface area contributed by atoms with Gasteiger partial charge in [-0.25, -0.2) is 4.79 Å². The van der Waals surface area contributed by atoms with Crippen molar-refractivity contribution in [2.24, 2.45) is 5.92 Å². The first-order valence-electron chi connectivity index (χ1n) is 8.11. The van der Waals surface area contributed by atoms with Crippen LogP contribution in [0.1, 0.15) is 32.1 Å². The fourth-order valence-electron chi connectivity index (χ4n) is 2.71. The predicted octanol–water partition coefficient (Wildman–Crippen LogP) is 2.31. The number of ether oxygens (including phenoxy) is 1. The van der Waals surface area contributed by atoms with Gasteiger partial charge in [0, 0.05) is 19.2 Å². The highest BCUT2D eigenvalue weighted by Gasteiger charge is 2.21. The second-order valence-corrected chi connectivity index (χ2v) is 5.82. The molecule has 2 amide bonds. The van der Waals surface area contributed by atoms with Gasteiger partial charge in [-0.05, 0) is 50.2 Å². The summed E-state index contributed by atoms with van der Waals surface area (Å²) in [5, 5.41) is 15.0. The maximum absolute atomic E-state index is 11.8. The number of rotatable bonds is 7. The summed E-state index contributed by atoms with van der Waals surface area (Å²) in [4.78, 5) is 11.8. The average molecular weight is 306 g/mol. The van der Waals surface area contributed by atoms with Gasteiger partial charge >= 0.3 is 6.03 Å². The number of aliphatic hydroxyl groups excluding tert-OH is 1. The van der Waals surface area contributed by atoms with Gasteiger partial charge < -0.3 is 20.5 Å². The summed E-state index contributed by atoms with van der Waals surface area (Å²) in [6, 6.07) is 9.80. The molecule has 0 aliphatic heterocycles. The van der Waals surface area contributed by atoms with Gasteiger partial charge in [0.15, 0.2) is 0 Å². The van der Waals surface area contributed by atoms with Crippen molar-refractivity contribution in [3.8, 4) is 5.75 Å². The van der Waals surface area contributed by atoms with Crippen LogP contribution < -0.4 is 15.4 Å². The minimum Gasteiger partial charge on any atom is -0.494 e. The number of benzene rings is 1. The number of hydrogen-bond donors (Lipinski definition) is 3. The Morgan fingerprint density at radius 3 is 2.59 bits per heavy atom. The van der Waals surface area contributed by atoms with Gasteiger partial charge in [0.2, 0.25) is 0 Å². The van der Waals surface area contributed by atoms with E-state index in [4.69, 9.17) is 9.84 Å². The summed E-state index contributed by atoms with van der Waals surface area (Å²) in [6.07, 6.45) is 4.67. The Bertz CT molecular complexity index is 431. The molecule has 0 spiro atoms. The number of para-hydroxylation sites is 1. The van der Waals surface area contributed by atoms with Crippen molar-refractivity contribution in [1.82, 2.24) is 10.6 Å². The summed E-state index contributed by atoms with van der Waals surface area (Å²) < 4.78 is 5.57. The molecule has 1 aliphatic rings. The highest BCUT2D eigenvalue weighted by molar-refractivity contribution is 5.74. The topological polar surface area (TPSA) is 70.6 Å². The molecule has 0 atom stereocenters. The van der Waals surface area contributed by atoms with Crippen LogP contribution in [0.5, 0.6) is 5.75 Å². The first-order valence-corrected chi connectivity index (χ1v) is 8.11. The van der Waals surface area contributed by atoms with E-state index >= 15 is 0 Å². The van der Waals surface area contributed by atoms with E-state index in [2.05, 4.69) is 10.6 Å². The third-order valence-corrected chi connectivity index (χ3v) is 4.06. The Morgan fingerprint density at radius 1 is 1.18 bits per heavy atom. The van der Waals surface area contributed by atoms with Crippen molar-refractivity contribution in [1.29, 1.82) is 0 Å². The summed E-state index contributed by atoms with van der Waals surface area (Å²) >= 11 is 0. The second kappa shape index (κ2) is 9.30. The minimum absolute atomic E-state index is 0.104. The van der Waals surface area contributed by atoms with Crippen molar-refractivity contribution in [3.63, 3.8) is 0 Å². The van der Waals surface area contributed by atoms with Crippen molar-refractivity contribution in [2.45, 2.75) is 38.1 Å². The monoisotopic (exact) mass is 306 g/mol. The SMILES string of the molecule is O=C(NCCCOc1ccccc1)NC1CCC(CO)CC1. The molecule has 5 heteroatoms. The van der Waals surface area contributed by atoms with Crippen molar-refractivity contribution in [3.05, 3.63) is 30.3 Å². The fourth-order valence-corrected chi connectivity index (χ4v) is 2.71. The summed E-state index contributed by atoms with van der Waals surface area (Å²) in [5.41, 5.74) is 0. The summed E-state index contributed by atoms with van der Waals surface area (Å²) in [6.45, 7) is 1.46. The van der Waals surface area contributed by atoms with Crippen LogP contribution in [0.25, 0.3) is 0 Å². The molecule has 1 aromatic carbocycles.